The van der Waals surface area contributed by atoms with Crippen LogP contribution in [0.4, 0.5) is 0 Å². The van der Waals surface area contributed by atoms with E-state index in [1.54, 1.807) is 0 Å². The molecule has 1 aliphatic rings. The molecule has 56 valence electrons. The smallest absolute Gasteiger partial charge is 0.0279 e. The molecule has 0 nitrogen and oxygen atoms in total. The molecule has 0 amide bonds. The molecular weight excluding hydrogens is 120 g/mol. The summed E-state index contributed by atoms with van der Waals surface area (Å²) >= 11 is 0. The van der Waals surface area contributed by atoms with Crippen LogP contribution < -0.4 is 0 Å². The third-order valence-electron chi connectivity index (χ3n) is 1.77. The zero-order valence-corrected chi connectivity index (χ0v) is 6.93. The summed E-state index contributed by atoms with van der Waals surface area (Å²) in [6.45, 7) is 4.43. The third-order valence-corrected chi connectivity index (χ3v) is 1.77. The summed E-state index contributed by atoms with van der Waals surface area (Å²) in [5, 5.41) is 0. The van der Waals surface area contributed by atoms with E-state index in [2.05, 4.69) is 32.1 Å². The SMILES string of the molecule is CC(C)/C=C/C1=CCCC1. The molecule has 10 heavy (non-hydrogen) atoms. The second kappa shape index (κ2) is 3.60. The topological polar surface area (TPSA) is 0 Å². The maximum atomic E-state index is 2.35. The average molecular weight is 136 g/mol. The van der Waals surface area contributed by atoms with Crippen LogP contribution in [0, 0.1) is 5.92 Å². The first kappa shape index (κ1) is 7.59. The highest BCUT2D eigenvalue weighted by Crippen LogP contribution is 2.18. The van der Waals surface area contributed by atoms with Crippen molar-refractivity contribution in [3.63, 3.8) is 0 Å². The van der Waals surface area contributed by atoms with Crippen LogP contribution in [0.3, 0.4) is 0 Å². The highest BCUT2D eigenvalue weighted by Gasteiger charge is 1.99. The van der Waals surface area contributed by atoms with Gasteiger partial charge >= 0.3 is 0 Å². The van der Waals surface area contributed by atoms with Crippen LogP contribution >= 0.6 is 0 Å². The fourth-order valence-corrected chi connectivity index (χ4v) is 1.16. The molecule has 1 rings (SSSR count). The molecular formula is C10H16. The summed E-state index contributed by atoms with van der Waals surface area (Å²) in [5.74, 6) is 0.696. The van der Waals surface area contributed by atoms with E-state index in [4.69, 9.17) is 0 Å². The fraction of sp³-hybridized carbons (Fsp3) is 0.600. The highest BCUT2D eigenvalue weighted by molar-refractivity contribution is 5.21. The van der Waals surface area contributed by atoms with Crippen molar-refractivity contribution < 1.29 is 0 Å². The minimum atomic E-state index is 0.696. The zero-order valence-electron chi connectivity index (χ0n) is 6.93. The van der Waals surface area contributed by atoms with Gasteiger partial charge in [-0.1, -0.05) is 37.6 Å². The van der Waals surface area contributed by atoms with E-state index in [9.17, 15) is 0 Å². The van der Waals surface area contributed by atoms with Gasteiger partial charge in [0.2, 0.25) is 0 Å². The van der Waals surface area contributed by atoms with Crippen LogP contribution in [0.1, 0.15) is 33.1 Å². The quantitative estimate of drug-likeness (QED) is 0.546. The third kappa shape index (κ3) is 2.38. The Bertz CT molecular complexity index is 149. The average Bonchev–Trinajstić information content (AvgIpc) is 2.34. The van der Waals surface area contributed by atoms with Gasteiger partial charge in [-0.05, 0) is 25.2 Å². The van der Waals surface area contributed by atoms with Gasteiger partial charge in [0.1, 0.15) is 0 Å². The summed E-state index contributed by atoms with van der Waals surface area (Å²) in [6.07, 6.45) is 10.8. The molecule has 0 radical (unpaired) electrons. The van der Waals surface area contributed by atoms with Crippen LogP contribution in [0.5, 0.6) is 0 Å². The van der Waals surface area contributed by atoms with Gasteiger partial charge in [-0.15, -0.1) is 0 Å². The molecule has 0 aromatic heterocycles. The van der Waals surface area contributed by atoms with Crippen LogP contribution in [0.15, 0.2) is 23.8 Å². The number of rotatable bonds is 2. The Labute approximate surface area is 63.6 Å². The second-order valence-electron chi connectivity index (χ2n) is 3.27. The maximum Gasteiger partial charge on any atom is -0.0279 e. The second-order valence-corrected chi connectivity index (χ2v) is 3.27. The minimum absolute atomic E-state index is 0.696. The van der Waals surface area contributed by atoms with Gasteiger partial charge in [0, 0.05) is 0 Å². The Morgan fingerprint density at radius 3 is 2.80 bits per heavy atom. The van der Waals surface area contributed by atoms with Crippen molar-refractivity contribution in [2.24, 2.45) is 5.92 Å². The summed E-state index contributed by atoms with van der Waals surface area (Å²) in [7, 11) is 0. The first-order valence-electron chi connectivity index (χ1n) is 4.16. The number of allylic oxidation sites excluding steroid dienone is 4. The molecule has 0 aromatic carbocycles. The molecule has 0 fully saturated rings. The van der Waals surface area contributed by atoms with E-state index in [1.807, 2.05) is 0 Å². The van der Waals surface area contributed by atoms with Gasteiger partial charge in [-0.25, -0.2) is 0 Å². The molecule has 0 spiro atoms. The van der Waals surface area contributed by atoms with Gasteiger partial charge < -0.3 is 0 Å². The first-order valence-corrected chi connectivity index (χ1v) is 4.16. The zero-order chi connectivity index (χ0) is 7.40. The van der Waals surface area contributed by atoms with E-state index >= 15 is 0 Å². The van der Waals surface area contributed by atoms with E-state index in [1.165, 1.54) is 24.8 Å². The van der Waals surface area contributed by atoms with Gasteiger partial charge in [-0.2, -0.15) is 0 Å². The van der Waals surface area contributed by atoms with E-state index in [0.717, 1.165) is 0 Å². The summed E-state index contributed by atoms with van der Waals surface area (Å²) < 4.78 is 0. The van der Waals surface area contributed by atoms with Crippen molar-refractivity contribution in [1.29, 1.82) is 0 Å². The highest BCUT2D eigenvalue weighted by atomic mass is 14.0. The molecule has 1 aliphatic carbocycles. The molecule has 0 atom stereocenters. The molecule has 0 unspecified atom stereocenters. The van der Waals surface area contributed by atoms with Crippen LogP contribution in [-0.2, 0) is 0 Å². The van der Waals surface area contributed by atoms with E-state index in [-0.39, 0.29) is 0 Å². The minimum Gasteiger partial charge on any atom is -0.0817 e. The van der Waals surface area contributed by atoms with Crippen molar-refractivity contribution in [2.75, 3.05) is 0 Å². The molecule has 0 bridgehead atoms. The molecule has 0 heterocycles. The predicted octanol–water partition coefficient (Wildman–Crippen LogP) is 3.31. The Morgan fingerprint density at radius 1 is 1.50 bits per heavy atom. The van der Waals surface area contributed by atoms with Gasteiger partial charge in [-0.3, -0.25) is 0 Å². The summed E-state index contributed by atoms with van der Waals surface area (Å²) in [6, 6.07) is 0. The monoisotopic (exact) mass is 136 g/mol. The van der Waals surface area contributed by atoms with Crippen molar-refractivity contribution in [1.82, 2.24) is 0 Å². The van der Waals surface area contributed by atoms with Crippen LogP contribution in [0.25, 0.3) is 0 Å². The summed E-state index contributed by atoms with van der Waals surface area (Å²) in [5.41, 5.74) is 1.54. The largest absolute Gasteiger partial charge is 0.0817 e. The lowest BCUT2D eigenvalue weighted by atomic mass is 10.1. The molecule has 0 N–H and O–H groups in total. The van der Waals surface area contributed by atoms with Crippen LogP contribution in [-0.4, -0.2) is 0 Å². The fourth-order valence-electron chi connectivity index (χ4n) is 1.16. The summed E-state index contributed by atoms with van der Waals surface area (Å²) in [4.78, 5) is 0. The van der Waals surface area contributed by atoms with Crippen molar-refractivity contribution in [3.05, 3.63) is 23.8 Å². The normalized spacial score (nSPS) is 18.9. The van der Waals surface area contributed by atoms with Crippen LogP contribution in [0.2, 0.25) is 0 Å². The lowest BCUT2D eigenvalue weighted by molar-refractivity contribution is 0.828. The lowest BCUT2D eigenvalue weighted by Crippen LogP contribution is -1.77. The van der Waals surface area contributed by atoms with Gasteiger partial charge in [0.25, 0.3) is 0 Å². The Balaban J connectivity index is 2.37. The number of hydrogen-bond acceptors (Lipinski definition) is 0. The standard InChI is InChI=1S/C10H16/c1-9(2)7-8-10-5-3-4-6-10/h5,7-9H,3-4,6H2,1-2H3/b8-7+. The molecule has 0 saturated heterocycles. The number of hydrogen-bond donors (Lipinski definition) is 0. The Hall–Kier alpha value is -0.520. The molecule has 0 aliphatic heterocycles. The predicted molar refractivity (Wildman–Crippen MR) is 45.9 cm³/mol. The van der Waals surface area contributed by atoms with Gasteiger partial charge in [0.15, 0.2) is 0 Å². The molecule has 0 saturated carbocycles. The van der Waals surface area contributed by atoms with Crippen molar-refractivity contribution in [2.45, 2.75) is 33.1 Å². The lowest BCUT2D eigenvalue weighted by Gasteiger charge is -1.94. The molecule has 0 aromatic rings. The Morgan fingerprint density at radius 2 is 2.30 bits per heavy atom. The van der Waals surface area contributed by atoms with Gasteiger partial charge in [0.05, 0.1) is 0 Å². The molecule has 0 heteroatoms. The van der Waals surface area contributed by atoms with E-state index in [0.29, 0.717) is 5.92 Å². The van der Waals surface area contributed by atoms with Crippen molar-refractivity contribution in [3.8, 4) is 0 Å². The van der Waals surface area contributed by atoms with Crippen molar-refractivity contribution >= 4 is 0 Å². The maximum absolute atomic E-state index is 2.35. The first-order chi connectivity index (χ1) is 4.79. The van der Waals surface area contributed by atoms with E-state index < -0.39 is 0 Å². The Kier molecular flexibility index (Phi) is 2.73.